The maximum atomic E-state index is 5.34. The summed E-state index contributed by atoms with van der Waals surface area (Å²) in [7, 11) is 0. The summed E-state index contributed by atoms with van der Waals surface area (Å²) in [5.74, 6) is 0.864. The molecule has 124 valence electrons. The minimum absolute atomic E-state index is 0.129. The Morgan fingerprint density at radius 3 is 2.50 bits per heavy atom. The molecule has 0 radical (unpaired) electrons. The molecule has 1 aromatic carbocycles. The van der Waals surface area contributed by atoms with Crippen LogP contribution < -0.4 is 10.6 Å². The SMILES string of the molecule is CCNC(=NCC(C)(C)Cc1ccccc1)NCCOCC. The predicted octanol–water partition coefficient (Wildman–Crippen LogP) is 2.85. The smallest absolute Gasteiger partial charge is 0.191 e. The van der Waals surface area contributed by atoms with Gasteiger partial charge in [-0.15, -0.1) is 0 Å². The Morgan fingerprint density at radius 1 is 1.14 bits per heavy atom. The van der Waals surface area contributed by atoms with E-state index in [-0.39, 0.29) is 5.41 Å². The Bertz CT molecular complexity index is 429. The van der Waals surface area contributed by atoms with Crippen molar-refractivity contribution in [3.05, 3.63) is 35.9 Å². The van der Waals surface area contributed by atoms with Crippen LogP contribution in [0.3, 0.4) is 0 Å². The number of benzene rings is 1. The Balaban J connectivity index is 2.51. The van der Waals surface area contributed by atoms with Crippen molar-refractivity contribution >= 4 is 5.96 Å². The van der Waals surface area contributed by atoms with Gasteiger partial charge in [-0.1, -0.05) is 44.2 Å². The molecule has 0 fully saturated rings. The first-order chi connectivity index (χ1) is 10.6. The summed E-state index contributed by atoms with van der Waals surface area (Å²) in [6.07, 6.45) is 1.02. The molecule has 4 nitrogen and oxygen atoms in total. The Hall–Kier alpha value is -1.55. The third kappa shape index (κ3) is 8.03. The van der Waals surface area contributed by atoms with Gasteiger partial charge < -0.3 is 15.4 Å². The number of rotatable bonds is 9. The average Bonchev–Trinajstić information content (AvgIpc) is 2.49. The van der Waals surface area contributed by atoms with Crippen LogP contribution in [0.4, 0.5) is 0 Å². The van der Waals surface area contributed by atoms with Crippen molar-refractivity contribution < 1.29 is 4.74 Å². The zero-order chi connectivity index (χ0) is 16.3. The first-order valence-corrected chi connectivity index (χ1v) is 8.21. The molecular weight excluding hydrogens is 274 g/mol. The van der Waals surface area contributed by atoms with Crippen LogP contribution in [0.15, 0.2) is 35.3 Å². The number of nitrogens with zero attached hydrogens (tertiary/aromatic N) is 1. The maximum absolute atomic E-state index is 5.34. The molecule has 0 amide bonds. The number of aliphatic imine (C=N–C) groups is 1. The molecule has 0 unspecified atom stereocenters. The molecule has 0 aliphatic heterocycles. The molecule has 1 rings (SSSR count). The summed E-state index contributed by atoms with van der Waals surface area (Å²) in [5.41, 5.74) is 1.49. The fourth-order valence-corrected chi connectivity index (χ4v) is 2.23. The Labute approximate surface area is 135 Å². The molecule has 0 heterocycles. The van der Waals surface area contributed by atoms with Gasteiger partial charge in [-0.2, -0.15) is 0 Å². The fourth-order valence-electron chi connectivity index (χ4n) is 2.23. The van der Waals surface area contributed by atoms with Gasteiger partial charge in [-0.3, -0.25) is 4.99 Å². The van der Waals surface area contributed by atoms with E-state index >= 15 is 0 Å². The molecular formula is C18H31N3O. The normalized spacial score (nSPS) is 12.3. The molecule has 0 spiro atoms. The van der Waals surface area contributed by atoms with E-state index in [1.807, 2.05) is 6.92 Å². The molecule has 0 aliphatic rings. The second-order valence-electron chi connectivity index (χ2n) is 6.15. The molecule has 0 aliphatic carbocycles. The van der Waals surface area contributed by atoms with E-state index in [4.69, 9.17) is 9.73 Å². The van der Waals surface area contributed by atoms with Crippen molar-refractivity contribution in [1.82, 2.24) is 10.6 Å². The van der Waals surface area contributed by atoms with Gasteiger partial charge in [0.2, 0.25) is 0 Å². The van der Waals surface area contributed by atoms with E-state index in [9.17, 15) is 0 Å². The summed E-state index contributed by atoms with van der Waals surface area (Å²) in [4.78, 5) is 4.72. The molecule has 0 bridgehead atoms. The highest BCUT2D eigenvalue weighted by molar-refractivity contribution is 5.79. The molecule has 1 aromatic rings. The van der Waals surface area contributed by atoms with Gasteiger partial charge in [0.15, 0.2) is 5.96 Å². The summed E-state index contributed by atoms with van der Waals surface area (Å²) >= 11 is 0. The highest BCUT2D eigenvalue weighted by Crippen LogP contribution is 2.22. The number of nitrogens with one attached hydrogen (secondary N) is 2. The molecule has 0 aromatic heterocycles. The van der Waals surface area contributed by atoms with Crippen LogP contribution in [0, 0.1) is 5.41 Å². The van der Waals surface area contributed by atoms with Crippen LogP contribution >= 0.6 is 0 Å². The Morgan fingerprint density at radius 2 is 1.86 bits per heavy atom. The molecule has 22 heavy (non-hydrogen) atoms. The van der Waals surface area contributed by atoms with E-state index in [2.05, 4.69) is 61.7 Å². The average molecular weight is 305 g/mol. The number of hydrogen-bond acceptors (Lipinski definition) is 2. The third-order valence-electron chi connectivity index (χ3n) is 3.28. The van der Waals surface area contributed by atoms with Gasteiger partial charge in [0.1, 0.15) is 0 Å². The first-order valence-electron chi connectivity index (χ1n) is 8.21. The third-order valence-corrected chi connectivity index (χ3v) is 3.28. The van der Waals surface area contributed by atoms with Crippen molar-refractivity contribution in [2.24, 2.45) is 10.4 Å². The highest BCUT2D eigenvalue weighted by Gasteiger charge is 2.18. The lowest BCUT2D eigenvalue weighted by molar-refractivity contribution is 0.152. The molecule has 0 saturated carbocycles. The van der Waals surface area contributed by atoms with Crippen LogP contribution in [-0.2, 0) is 11.2 Å². The lowest BCUT2D eigenvalue weighted by Gasteiger charge is -2.23. The summed E-state index contributed by atoms with van der Waals surface area (Å²) in [5, 5.41) is 6.59. The minimum Gasteiger partial charge on any atom is -0.380 e. The lowest BCUT2D eigenvalue weighted by Crippen LogP contribution is -2.39. The van der Waals surface area contributed by atoms with Gasteiger partial charge in [-0.25, -0.2) is 0 Å². The maximum Gasteiger partial charge on any atom is 0.191 e. The molecule has 0 atom stereocenters. The lowest BCUT2D eigenvalue weighted by atomic mass is 9.86. The van der Waals surface area contributed by atoms with Crippen LogP contribution in [0.2, 0.25) is 0 Å². The van der Waals surface area contributed by atoms with Gasteiger partial charge in [0.05, 0.1) is 6.61 Å². The zero-order valence-electron chi connectivity index (χ0n) is 14.5. The molecule has 4 heteroatoms. The van der Waals surface area contributed by atoms with Gasteiger partial charge in [-0.05, 0) is 31.2 Å². The first kappa shape index (κ1) is 18.5. The number of ether oxygens (including phenoxy) is 1. The van der Waals surface area contributed by atoms with Gasteiger partial charge in [0.25, 0.3) is 0 Å². The topological polar surface area (TPSA) is 45.7 Å². The van der Waals surface area contributed by atoms with Crippen LogP contribution in [0.25, 0.3) is 0 Å². The standard InChI is InChI=1S/C18H31N3O/c1-5-19-17(20-12-13-22-6-2)21-15-18(3,4)14-16-10-8-7-9-11-16/h7-11H,5-6,12-15H2,1-4H3,(H2,19,20,21). The van der Waals surface area contributed by atoms with E-state index in [1.165, 1.54) is 5.56 Å². The van der Waals surface area contributed by atoms with E-state index in [1.54, 1.807) is 0 Å². The van der Waals surface area contributed by atoms with E-state index in [0.29, 0.717) is 6.61 Å². The number of hydrogen-bond donors (Lipinski definition) is 2. The summed E-state index contributed by atoms with van der Waals surface area (Å²) in [6.45, 7) is 12.5. The van der Waals surface area contributed by atoms with E-state index < -0.39 is 0 Å². The quantitative estimate of drug-likeness (QED) is 0.419. The minimum atomic E-state index is 0.129. The van der Waals surface area contributed by atoms with Crippen molar-refractivity contribution in [1.29, 1.82) is 0 Å². The summed E-state index contributed by atoms with van der Waals surface area (Å²) < 4.78 is 5.34. The predicted molar refractivity (Wildman–Crippen MR) is 94.4 cm³/mol. The molecule has 0 saturated heterocycles. The van der Waals surface area contributed by atoms with Crippen molar-refractivity contribution in [3.63, 3.8) is 0 Å². The van der Waals surface area contributed by atoms with Crippen LogP contribution in [0.5, 0.6) is 0 Å². The van der Waals surface area contributed by atoms with Crippen LogP contribution in [0.1, 0.15) is 33.3 Å². The van der Waals surface area contributed by atoms with Crippen molar-refractivity contribution in [3.8, 4) is 0 Å². The second kappa shape index (κ2) is 10.2. The van der Waals surface area contributed by atoms with Gasteiger partial charge in [0, 0.05) is 26.2 Å². The van der Waals surface area contributed by atoms with Gasteiger partial charge >= 0.3 is 0 Å². The highest BCUT2D eigenvalue weighted by atomic mass is 16.5. The number of guanidine groups is 1. The van der Waals surface area contributed by atoms with Crippen molar-refractivity contribution in [2.45, 2.75) is 34.1 Å². The van der Waals surface area contributed by atoms with Crippen molar-refractivity contribution in [2.75, 3.05) is 32.8 Å². The Kier molecular flexibility index (Phi) is 8.60. The zero-order valence-corrected chi connectivity index (χ0v) is 14.5. The van der Waals surface area contributed by atoms with E-state index in [0.717, 1.165) is 38.6 Å². The van der Waals surface area contributed by atoms with Crippen LogP contribution in [-0.4, -0.2) is 38.8 Å². The monoisotopic (exact) mass is 305 g/mol. The summed E-state index contributed by atoms with van der Waals surface area (Å²) in [6, 6.07) is 10.6. The molecule has 2 N–H and O–H groups in total. The fraction of sp³-hybridized carbons (Fsp3) is 0.611. The largest absolute Gasteiger partial charge is 0.380 e. The second-order valence-corrected chi connectivity index (χ2v) is 6.15.